The molecule has 11 heteroatoms. The summed E-state index contributed by atoms with van der Waals surface area (Å²) in [5.41, 5.74) is 2.43. The fourth-order valence-corrected chi connectivity index (χ4v) is 3.37. The summed E-state index contributed by atoms with van der Waals surface area (Å²) in [6.07, 6.45) is 3.38. The van der Waals surface area contributed by atoms with Gasteiger partial charge in [-0.2, -0.15) is 0 Å². The van der Waals surface area contributed by atoms with Gasteiger partial charge in [-0.25, -0.2) is 19.7 Å². The first-order valence-electron chi connectivity index (χ1n) is 12.2. The highest BCUT2D eigenvalue weighted by Gasteiger charge is 2.24. The van der Waals surface area contributed by atoms with E-state index >= 15 is 0 Å². The molecule has 3 aromatic rings. The topological polar surface area (TPSA) is 139 Å². The molecule has 0 fully saturated rings. The van der Waals surface area contributed by atoms with Crippen molar-refractivity contribution in [1.82, 2.24) is 19.9 Å². The van der Waals surface area contributed by atoms with E-state index in [2.05, 4.69) is 25.6 Å². The molecule has 0 aliphatic carbocycles. The van der Waals surface area contributed by atoms with Crippen LogP contribution in [0, 0.1) is 0 Å². The zero-order valence-electron chi connectivity index (χ0n) is 22.1. The molecule has 2 heterocycles. The number of esters is 1. The molecule has 1 amide bonds. The van der Waals surface area contributed by atoms with E-state index in [0.29, 0.717) is 37.0 Å². The molecule has 3 N–H and O–H groups in total. The molecule has 0 aliphatic heterocycles. The summed E-state index contributed by atoms with van der Waals surface area (Å²) < 4.78 is 10.1. The van der Waals surface area contributed by atoms with Gasteiger partial charge in [0.2, 0.25) is 5.95 Å². The van der Waals surface area contributed by atoms with Crippen molar-refractivity contribution in [3.8, 4) is 11.3 Å². The third kappa shape index (κ3) is 9.00. The Hall–Kier alpha value is -4.25. The van der Waals surface area contributed by atoms with E-state index in [1.165, 1.54) is 12.0 Å². The summed E-state index contributed by atoms with van der Waals surface area (Å²) in [5.74, 6) is 0.586. The minimum atomic E-state index is -0.666. The maximum absolute atomic E-state index is 12.4. The fraction of sp³-hybridized carbons (Fsp3) is 0.370. The number of anilines is 3. The van der Waals surface area contributed by atoms with E-state index in [0.717, 1.165) is 16.8 Å². The highest BCUT2D eigenvalue weighted by molar-refractivity contribution is 5.78. The van der Waals surface area contributed by atoms with Gasteiger partial charge in [0.1, 0.15) is 18.0 Å². The molecular formula is C27H34N6O5. The standard InChI is InChI=1S/C27H34N6O5/c1-27(2,3)38-26(36)33(17-24(35)37-4)14-6-12-28-23-10-9-20(16-30-23)22-11-13-29-25(32-22)31-21-8-5-7-19(15-21)18-34/h5,7-11,13,15-16,34H,6,12,14,17-18H2,1-4H3,(H,28,30)(H,29,31,32). The molecule has 0 spiro atoms. The predicted octanol–water partition coefficient (Wildman–Crippen LogP) is 3.99. The number of aliphatic hydroxyl groups is 1. The maximum Gasteiger partial charge on any atom is 0.410 e. The Morgan fingerprint density at radius 1 is 1.11 bits per heavy atom. The number of rotatable bonds is 11. The van der Waals surface area contributed by atoms with E-state index in [4.69, 9.17) is 9.47 Å². The Balaban J connectivity index is 1.55. The number of methoxy groups -OCH3 is 1. The highest BCUT2D eigenvalue weighted by atomic mass is 16.6. The normalized spacial score (nSPS) is 11.0. The average molecular weight is 523 g/mol. The molecule has 2 aromatic heterocycles. The molecule has 3 rings (SSSR count). The van der Waals surface area contributed by atoms with Crippen LogP contribution in [0.5, 0.6) is 0 Å². The second-order valence-corrected chi connectivity index (χ2v) is 9.44. The van der Waals surface area contributed by atoms with Crippen LogP contribution < -0.4 is 10.6 Å². The van der Waals surface area contributed by atoms with Gasteiger partial charge >= 0.3 is 12.1 Å². The van der Waals surface area contributed by atoms with Crippen LogP contribution in [0.25, 0.3) is 11.3 Å². The molecule has 0 saturated carbocycles. The zero-order chi connectivity index (χ0) is 27.5. The van der Waals surface area contributed by atoms with Crippen molar-refractivity contribution < 1.29 is 24.2 Å². The first kappa shape index (κ1) is 28.3. The minimum Gasteiger partial charge on any atom is -0.468 e. The number of nitrogens with one attached hydrogen (secondary N) is 2. The number of aromatic nitrogens is 3. The lowest BCUT2D eigenvalue weighted by Gasteiger charge is -2.26. The zero-order valence-corrected chi connectivity index (χ0v) is 22.1. The van der Waals surface area contributed by atoms with Crippen LogP contribution in [0.1, 0.15) is 32.8 Å². The van der Waals surface area contributed by atoms with Gasteiger partial charge in [-0.1, -0.05) is 12.1 Å². The number of pyridine rings is 1. The van der Waals surface area contributed by atoms with E-state index in [-0.39, 0.29) is 13.2 Å². The lowest BCUT2D eigenvalue weighted by atomic mass is 10.2. The minimum absolute atomic E-state index is 0.0437. The molecule has 0 bridgehead atoms. The van der Waals surface area contributed by atoms with Crippen LogP contribution in [0.4, 0.5) is 22.2 Å². The predicted molar refractivity (Wildman–Crippen MR) is 144 cm³/mol. The molecule has 0 saturated heterocycles. The molecular weight excluding hydrogens is 488 g/mol. The monoisotopic (exact) mass is 522 g/mol. The molecule has 0 atom stereocenters. The molecule has 1 aromatic carbocycles. The van der Waals surface area contributed by atoms with Crippen molar-refractivity contribution in [3.63, 3.8) is 0 Å². The van der Waals surface area contributed by atoms with Gasteiger partial charge in [-0.15, -0.1) is 0 Å². The van der Waals surface area contributed by atoms with Crippen LogP contribution in [-0.4, -0.2) is 69.4 Å². The SMILES string of the molecule is COC(=O)CN(CCCNc1ccc(-c2ccnc(Nc3cccc(CO)c3)n2)cn1)C(=O)OC(C)(C)C. The van der Waals surface area contributed by atoms with Crippen LogP contribution in [0.15, 0.2) is 54.9 Å². The van der Waals surface area contributed by atoms with Crippen LogP contribution in [0.3, 0.4) is 0 Å². The molecule has 38 heavy (non-hydrogen) atoms. The summed E-state index contributed by atoms with van der Waals surface area (Å²) >= 11 is 0. The van der Waals surface area contributed by atoms with Crippen molar-refractivity contribution in [2.45, 2.75) is 39.4 Å². The largest absolute Gasteiger partial charge is 0.468 e. The molecule has 202 valence electrons. The summed E-state index contributed by atoms with van der Waals surface area (Å²) in [5, 5.41) is 15.7. The molecule has 11 nitrogen and oxygen atoms in total. The Labute approximate surface area is 222 Å². The number of aliphatic hydroxyl groups excluding tert-OH is 1. The van der Waals surface area contributed by atoms with Crippen molar-refractivity contribution in [2.75, 3.05) is 37.4 Å². The van der Waals surface area contributed by atoms with Crippen molar-refractivity contribution in [2.24, 2.45) is 0 Å². The molecule has 0 unspecified atom stereocenters. The maximum atomic E-state index is 12.4. The number of benzene rings is 1. The number of hydrogen-bond acceptors (Lipinski definition) is 10. The average Bonchev–Trinajstić information content (AvgIpc) is 2.90. The summed E-state index contributed by atoms with van der Waals surface area (Å²) in [4.78, 5) is 38.8. The van der Waals surface area contributed by atoms with Gasteiger partial charge in [-0.05, 0) is 63.1 Å². The highest BCUT2D eigenvalue weighted by Crippen LogP contribution is 2.20. The van der Waals surface area contributed by atoms with E-state index in [1.807, 2.05) is 36.4 Å². The lowest BCUT2D eigenvalue weighted by Crippen LogP contribution is -2.41. The van der Waals surface area contributed by atoms with Crippen LogP contribution >= 0.6 is 0 Å². The number of ether oxygens (including phenoxy) is 2. The summed E-state index contributed by atoms with van der Waals surface area (Å²) in [6, 6.07) is 12.9. The van der Waals surface area contributed by atoms with Gasteiger partial charge in [0.25, 0.3) is 0 Å². The second kappa shape index (κ2) is 13.3. The van der Waals surface area contributed by atoms with Gasteiger partial charge in [0, 0.05) is 36.7 Å². The van der Waals surface area contributed by atoms with Gasteiger partial charge in [0.15, 0.2) is 0 Å². The summed E-state index contributed by atoms with van der Waals surface area (Å²) in [6.45, 7) is 5.93. The molecule has 0 aliphatic rings. The first-order chi connectivity index (χ1) is 18.2. The van der Waals surface area contributed by atoms with Crippen molar-refractivity contribution in [3.05, 3.63) is 60.4 Å². The van der Waals surface area contributed by atoms with E-state index < -0.39 is 17.7 Å². The van der Waals surface area contributed by atoms with Crippen LogP contribution in [-0.2, 0) is 20.9 Å². The Morgan fingerprint density at radius 3 is 2.61 bits per heavy atom. The van der Waals surface area contributed by atoms with E-state index in [1.54, 1.807) is 39.2 Å². The van der Waals surface area contributed by atoms with E-state index in [9.17, 15) is 14.7 Å². The third-order valence-electron chi connectivity index (χ3n) is 5.19. The number of amides is 1. The van der Waals surface area contributed by atoms with Crippen molar-refractivity contribution in [1.29, 1.82) is 0 Å². The smallest absolute Gasteiger partial charge is 0.410 e. The molecule has 0 radical (unpaired) electrons. The summed E-state index contributed by atoms with van der Waals surface area (Å²) in [7, 11) is 1.28. The van der Waals surface area contributed by atoms with Crippen LogP contribution in [0.2, 0.25) is 0 Å². The quantitative estimate of drug-likeness (QED) is 0.250. The van der Waals surface area contributed by atoms with Gasteiger partial charge in [0.05, 0.1) is 19.4 Å². The van der Waals surface area contributed by atoms with Gasteiger partial charge < -0.3 is 25.2 Å². The third-order valence-corrected chi connectivity index (χ3v) is 5.19. The number of carbonyl (C=O) groups is 2. The van der Waals surface area contributed by atoms with Crippen molar-refractivity contribution >= 4 is 29.5 Å². The lowest BCUT2D eigenvalue weighted by molar-refractivity contribution is -0.141. The Kier molecular flexibility index (Phi) is 9.94. The Bertz CT molecular complexity index is 1210. The number of hydrogen-bond donors (Lipinski definition) is 3. The fourth-order valence-electron chi connectivity index (χ4n) is 3.37. The number of nitrogens with zero attached hydrogens (tertiary/aromatic N) is 4. The van der Waals surface area contributed by atoms with Gasteiger partial charge in [-0.3, -0.25) is 9.69 Å². The second-order valence-electron chi connectivity index (χ2n) is 9.44. The first-order valence-corrected chi connectivity index (χ1v) is 12.2. The number of carbonyl (C=O) groups excluding carboxylic acids is 2. The Morgan fingerprint density at radius 2 is 1.92 bits per heavy atom.